The third kappa shape index (κ3) is 3.81. The van der Waals surface area contributed by atoms with Gasteiger partial charge in [0, 0.05) is 12.1 Å². The fourth-order valence-electron chi connectivity index (χ4n) is 1.81. The van der Waals surface area contributed by atoms with Crippen LogP contribution in [0.1, 0.15) is 32.4 Å². The van der Waals surface area contributed by atoms with Gasteiger partial charge in [0.2, 0.25) is 10.0 Å². The first-order valence-corrected chi connectivity index (χ1v) is 8.73. The zero-order valence-electron chi connectivity index (χ0n) is 11.1. The van der Waals surface area contributed by atoms with Crippen LogP contribution in [-0.2, 0) is 16.6 Å². The monoisotopic (exact) mass is 350 g/mol. The Morgan fingerprint density at radius 1 is 1.53 bits per heavy atom. The number of sulfonamides is 1. The van der Waals surface area contributed by atoms with Crippen molar-refractivity contribution in [3.8, 4) is 0 Å². The van der Waals surface area contributed by atoms with Gasteiger partial charge in [-0.25, -0.2) is 13.1 Å². The van der Waals surface area contributed by atoms with Crippen LogP contribution in [0.5, 0.6) is 0 Å². The van der Waals surface area contributed by atoms with Gasteiger partial charge < -0.3 is 9.73 Å². The molecule has 7 heteroatoms. The molecule has 0 saturated heterocycles. The van der Waals surface area contributed by atoms with Gasteiger partial charge in [0.1, 0.15) is 10.7 Å². The van der Waals surface area contributed by atoms with Crippen molar-refractivity contribution in [2.45, 2.75) is 44.2 Å². The van der Waals surface area contributed by atoms with Crippen molar-refractivity contribution < 1.29 is 12.8 Å². The molecule has 1 aliphatic carbocycles. The third-order valence-electron chi connectivity index (χ3n) is 3.14. The van der Waals surface area contributed by atoms with Crippen molar-refractivity contribution in [3.05, 3.63) is 16.5 Å². The van der Waals surface area contributed by atoms with Crippen LogP contribution in [0.3, 0.4) is 0 Å². The van der Waals surface area contributed by atoms with Crippen molar-refractivity contribution in [1.82, 2.24) is 10.0 Å². The Morgan fingerprint density at radius 3 is 2.79 bits per heavy atom. The van der Waals surface area contributed by atoms with Crippen LogP contribution in [0.4, 0.5) is 0 Å². The standard InChI is InChI=1S/C12H19BrN2O3S/c1-3-4-14-7-9-6-11(12(13)18-9)19(16,17)15-10-5-8(10)2/h6,8,10,14-15H,3-5,7H2,1-2H3. The van der Waals surface area contributed by atoms with E-state index in [1.807, 2.05) is 6.92 Å². The minimum absolute atomic E-state index is 0.0634. The van der Waals surface area contributed by atoms with Gasteiger partial charge >= 0.3 is 0 Å². The van der Waals surface area contributed by atoms with E-state index < -0.39 is 10.0 Å². The maximum absolute atomic E-state index is 12.2. The van der Waals surface area contributed by atoms with Gasteiger partial charge in [0.15, 0.2) is 4.67 Å². The fourth-order valence-corrected chi connectivity index (χ4v) is 4.16. The van der Waals surface area contributed by atoms with E-state index in [-0.39, 0.29) is 15.6 Å². The van der Waals surface area contributed by atoms with Crippen molar-refractivity contribution >= 4 is 26.0 Å². The van der Waals surface area contributed by atoms with Gasteiger partial charge in [-0.3, -0.25) is 0 Å². The van der Waals surface area contributed by atoms with Crippen molar-refractivity contribution in [2.24, 2.45) is 5.92 Å². The number of furan rings is 1. The summed E-state index contributed by atoms with van der Waals surface area (Å²) < 4.78 is 32.7. The summed E-state index contributed by atoms with van der Waals surface area (Å²) in [7, 11) is -3.49. The second kappa shape index (κ2) is 5.95. The van der Waals surface area contributed by atoms with E-state index >= 15 is 0 Å². The molecular weight excluding hydrogens is 332 g/mol. The first-order chi connectivity index (χ1) is 8.94. The molecule has 0 bridgehead atoms. The summed E-state index contributed by atoms with van der Waals surface area (Å²) >= 11 is 3.17. The molecule has 1 aromatic heterocycles. The Bertz CT molecular complexity index is 541. The van der Waals surface area contributed by atoms with E-state index in [0.717, 1.165) is 19.4 Å². The normalized spacial score (nSPS) is 22.7. The SMILES string of the molecule is CCCNCc1cc(S(=O)(=O)NC2CC2C)c(Br)o1. The lowest BCUT2D eigenvalue weighted by Crippen LogP contribution is -2.26. The number of nitrogens with one attached hydrogen (secondary N) is 2. The highest BCUT2D eigenvalue weighted by molar-refractivity contribution is 9.10. The van der Waals surface area contributed by atoms with Crippen LogP contribution >= 0.6 is 15.9 Å². The van der Waals surface area contributed by atoms with Gasteiger partial charge in [-0.05, 0) is 41.2 Å². The van der Waals surface area contributed by atoms with Gasteiger partial charge in [-0.1, -0.05) is 13.8 Å². The molecule has 2 atom stereocenters. The van der Waals surface area contributed by atoms with E-state index in [0.29, 0.717) is 18.2 Å². The van der Waals surface area contributed by atoms with Crippen LogP contribution in [-0.4, -0.2) is 21.0 Å². The molecule has 1 saturated carbocycles. The molecule has 19 heavy (non-hydrogen) atoms. The summed E-state index contributed by atoms with van der Waals surface area (Å²) in [5, 5.41) is 3.17. The predicted molar refractivity (Wildman–Crippen MR) is 76.3 cm³/mol. The number of halogens is 1. The Balaban J connectivity index is 2.06. The van der Waals surface area contributed by atoms with Gasteiger partial charge in [0.05, 0.1) is 6.54 Å². The smallest absolute Gasteiger partial charge is 0.245 e. The average molecular weight is 351 g/mol. The third-order valence-corrected chi connectivity index (χ3v) is 5.48. The van der Waals surface area contributed by atoms with Crippen molar-refractivity contribution in [3.63, 3.8) is 0 Å². The van der Waals surface area contributed by atoms with Crippen LogP contribution in [0.25, 0.3) is 0 Å². The summed E-state index contributed by atoms with van der Waals surface area (Å²) in [6.07, 6.45) is 1.92. The summed E-state index contributed by atoms with van der Waals surface area (Å²) in [6, 6.07) is 1.63. The molecule has 1 aromatic rings. The minimum Gasteiger partial charge on any atom is -0.452 e. The molecule has 2 rings (SSSR count). The summed E-state index contributed by atoms with van der Waals surface area (Å²) in [4.78, 5) is 0.180. The largest absolute Gasteiger partial charge is 0.452 e. The molecule has 1 fully saturated rings. The molecule has 1 heterocycles. The van der Waals surface area contributed by atoms with E-state index in [4.69, 9.17) is 4.42 Å². The summed E-state index contributed by atoms with van der Waals surface area (Å²) in [5.74, 6) is 1.04. The molecule has 0 aromatic carbocycles. The van der Waals surface area contributed by atoms with Crippen LogP contribution in [0.15, 0.2) is 20.0 Å². The Morgan fingerprint density at radius 2 is 2.21 bits per heavy atom. The second-order valence-electron chi connectivity index (χ2n) is 4.97. The Hall–Kier alpha value is -0.370. The van der Waals surface area contributed by atoms with Gasteiger partial charge in [-0.2, -0.15) is 0 Å². The first-order valence-electron chi connectivity index (χ1n) is 6.45. The summed E-state index contributed by atoms with van der Waals surface area (Å²) in [6.45, 7) is 5.50. The Labute approximate surface area is 122 Å². The van der Waals surface area contributed by atoms with E-state index in [1.165, 1.54) is 0 Å². The Kier molecular flexibility index (Phi) is 4.70. The molecule has 0 spiro atoms. The van der Waals surface area contributed by atoms with Gasteiger partial charge in [-0.15, -0.1) is 0 Å². The lowest BCUT2D eigenvalue weighted by atomic mass is 10.4. The van der Waals surface area contributed by atoms with Crippen LogP contribution in [0, 0.1) is 5.92 Å². The maximum Gasteiger partial charge on any atom is 0.245 e. The molecule has 0 aliphatic heterocycles. The lowest BCUT2D eigenvalue weighted by molar-refractivity contribution is 0.461. The fraction of sp³-hybridized carbons (Fsp3) is 0.667. The van der Waals surface area contributed by atoms with E-state index in [1.54, 1.807) is 6.07 Å². The van der Waals surface area contributed by atoms with E-state index in [2.05, 4.69) is 32.9 Å². The van der Waals surface area contributed by atoms with Gasteiger partial charge in [0.25, 0.3) is 0 Å². The topological polar surface area (TPSA) is 71.3 Å². The highest BCUT2D eigenvalue weighted by atomic mass is 79.9. The maximum atomic E-state index is 12.2. The first kappa shape index (κ1) is 15.0. The predicted octanol–water partition coefficient (Wildman–Crippen LogP) is 2.23. The molecule has 108 valence electrons. The number of hydrogen-bond acceptors (Lipinski definition) is 4. The average Bonchev–Trinajstić information content (AvgIpc) is 2.85. The van der Waals surface area contributed by atoms with Crippen molar-refractivity contribution in [2.75, 3.05) is 6.54 Å². The molecule has 2 N–H and O–H groups in total. The zero-order chi connectivity index (χ0) is 14.0. The molecular formula is C12H19BrN2O3S. The molecule has 1 aliphatic rings. The quantitative estimate of drug-likeness (QED) is 0.739. The number of hydrogen-bond donors (Lipinski definition) is 2. The van der Waals surface area contributed by atoms with Crippen molar-refractivity contribution in [1.29, 1.82) is 0 Å². The molecule has 2 unspecified atom stereocenters. The zero-order valence-corrected chi connectivity index (χ0v) is 13.5. The summed E-state index contributed by atoms with van der Waals surface area (Å²) in [5.41, 5.74) is 0. The molecule has 0 amide bonds. The molecule has 5 nitrogen and oxygen atoms in total. The lowest BCUT2D eigenvalue weighted by Gasteiger charge is -2.02. The second-order valence-corrected chi connectivity index (χ2v) is 7.37. The molecule has 0 radical (unpaired) electrons. The number of rotatable bonds is 7. The van der Waals surface area contributed by atoms with E-state index in [9.17, 15) is 8.42 Å². The highest BCUT2D eigenvalue weighted by Gasteiger charge is 2.37. The minimum atomic E-state index is -3.49. The van der Waals surface area contributed by atoms with Crippen LogP contribution in [0.2, 0.25) is 0 Å². The highest BCUT2D eigenvalue weighted by Crippen LogP contribution is 2.32. The van der Waals surface area contributed by atoms with Crippen LogP contribution < -0.4 is 10.0 Å².